The van der Waals surface area contributed by atoms with Gasteiger partial charge in [0.05, 0.1) is 18.3 Å². The third kappa shape index (κ3) is 6.69. The molecule has 0 unspecified atom stereocenters. The molecule has 0 heterocycles. The number of aliphatic carboxylic acids is 1. The maximum atomic E-state index is 13.5. The lowest BCUT2D eigenvalue weighted by atomic mass is 9.43. The van der Waals surface area contributed by atoms with Gasteiger partial charge in [0.25, 0.3) is 0 Å². The molecule has 0 aromatic heterocycles. The van der Waals surface area contributed by atoms with Crippen molar-refractivity contribution in [3.63, 3.8) is 0 Å². The summed E-state index contributed by atoms with van der Waals surface area (Å²) in [7, 11) is 0. The number of esters is 1. The minimum atomic E-state index is -0.696. The van der Waals surface area contributed by atoms with Gasteiger partial charge in [-0.25, -0.2) is 0 Å². The predicted molar refractivity (Wildman–Crippen MR) is 214 cm³/mol. The molecule has 7 nitrogen and oxygen atoms in total. The predicted octanol–water partition coefficient (Wildman–Crippen LogP) is 9.44. The van der Waals surface area contributed by atoms with Gasteiger partial charge in [-0.05, 0) is 208 Å². The van der Waals surface area contributed by atoms with Crippen LogP contribution in [0.15, 0.2) is 0 Å². The molecule has 0 aromatic carbocycles. The molecule has 8 aliphatic rings. The summed E-state index contributed by atoms with van der Waals surface area (Å²) in [4.78, 5) is 24.9. The summed E-state index contributed by atoms with van der Waals surface area (Å²) < 4.78 is 6.31. The average molecular weight is 767 g/mol. The number of aliphatic hydroxyl groups is 3. The van der Waals surface area contributed by atoms with Crippen LogP contribution >= 0.6 is 0 Å². The van der Waals surface area contributed by atoms with Gasteiger partial charge in [-0.2, -0.15) is 0 Å². The van der Waals surface area contributed by atoms with Gasteiger partial charge in [0, 0.05) is 12.8 Å². The van der Waals surface area contributed by atoms with Gasteiger partial charge in [-0.3, -0.25) is 9.59 Å². The average Bonchev–Trinajstić information content (AvgIpc) is 3.67. The smallest absolute Gasteiger partial charge is 0.306 e. The van der Waals surface area contributed by atoms with Crippen molar-refractivity contribution < 1.29 is 34.8 Å². The lowest BCUT2D eigenvalue weighted by molar-refractivity contribution is -0.183. The monoisotopic (exact) mass is 767 g/mol. The fourth-order valence-electron chi connectivity index (χ4n) is 17.8. The molecule has 0 radical (unpaired) electrons. The van der Waals surface area contributed by atoms with Crippen molar-refractivity contribution in [2.75, 3.05) is 0 Å². The van der Waals surface area contributed by atoms with Crippen molar-refractivity contribution in [3.8, 4) is 0 Å². The van der Waals surface area contributed by atoms with E-state index >= 15 is 0 Å². The Balaban J connectivity index is 0.845. The van der Waals surface area contributed by atoms with Gasteiger partial charge in [-0.1, -0.05) is 41.5 Å². The zero-order chi connectivity index (χ0) is 39.2. The van der Waals surface area contributed by atoms with E-state index in [9.17, 15) is 30.0 Å². The quantitative estimate of drug-likeness (QED) is 0.173. The molecule has 7 heteroatoms. The molecule has 0 bridgehead atoms. The van der Waals surface area contributed by atoms with Crippen molar-refractivity contribution >= 4 is 11.9 Å². The summed E-state index contributed by atoms with van der Waals surface area (Å²) >= 11 is 0. The molecule has 0 amide bonds. The van der Waals surface area contributed by atoms with Crippen LogP contribution in [-0.4, -0.2) is 56.8 Å². The van der Waals surface area contributed by atoms with E-state index in [0.717, 1.165) is 83.5 Å². The lowest BCUT2D eigenvalue weighted by Gasteiger charge is -2.62. The Kier molecular flexibility index (Phi) is 10.9. The van der Waals surface area contributed by atoms with Gasteiger partial charge >= 0.3 is 11.9 Å². The van der Waals surface area contributed by atoms with Crippen LogP contribution in [0.4, 0.5) is 0 Å². The third-order valence-corrected chi connectivity index (χ3v) is 20.7. The molecule has 8 rings (SSSR count). The SMILES string of the molecule is C[C@H](CCC(=O)O[C@@H]1CC[C@@]2(C)[C@@H](C1)C[C@@H](O)[C@@H]1[C@@H]2CC[C@]2(C)[C@@H]([C@H](C)CCC(=O)O)CC[C@@H]12)[C@H]1CC[C@H]2[C@@H]3[C@H](O)C[C@@H]4C[C@H](O)CC[C@]4(C)[C@H]3CC[C@]12C. The van der Waals surface area contributed by atoms with Crippen LogP contribution in [0.3, 0.4) is 0 Å². The zero-order valence-corrected chi connectivity index (χ0v) is 35.4. The van der Waals surface area contributed by atoms with Crippen molar-refractivity contribution in [3.05, 3.63) is 0 Å². The van der Waals surface area contributed by atoms with Gasteiger partial charge in [0.15, 0.2) is 0 Å². The van der Waals surface area contributed by atoms with E-state index in [1.54, 1.807) is 0 Å². The van der Waals surface area contributed by atoms with Crippen LogP contribution in [0.25, 0.3) is 0 Å². The van der Waals surface area contributed by atoms with E-state index < -0.39 is 5.97 Å². The van der Waals surface area contributed by atoms with Crippen LogP contribution in [-0.2, 0) is 14.3 Å². The molecule has 8 fully saturated rings. The molecule has 0 spiro atoms. The summed E-state index contributed by atoms with van der Waals surface area (Å²) in [5.74, 6) is 4.85. The number of rotatable bonds is 9. The first-order valence-electron chi connectivity index (χ1n) is 23.4. The van der Waals surface area contributed by atoms with Crippen molar-refractivity contribution in [1.82, 2.24) is 0 Å². The number of carboxylic acid groups (broad SMARTS) is 1. The fourth-order valence-corrected chi connectivity index (χ4v) is 17.8. The maximum absolute atomic E-state index is 13.5. The summed E-state index contributed by atoms with van der Waals surface area (Å²) in [6.07, 6.45) is 18.4. The van der Waals surface area contributed by atoms with Gasteiger partial charge in [0.2, 0.25) is 0 Å². The first-order valence-corrected chi connectivity index (χ1v) is 23.4. The second kappa shape index (κ2) is 14.8. The van der Waals surface area contributed by atoms with Crippen molar-refractivity contribution in [2.45, 2.75) is 194 Å². The highest BCUT2D eigenvalue weighted by Crippen LogP contribution is 2.70. The molecular formula is C48H78O7. The number of hydrogen-bond donors (Lipinski definition) is 4. The Labute approximate surface area is 332 Å². The normalized spacial score (nSPS) is 52.7. The molecule has 312 valence electrons. The Hall–Kier alpha value is -1.18. The van der Waals surface area contributed by atoms with Gasteiger partial charge in [-0.15, -0.1) is 0 Å². The molecule has 8 saturated carbocycles. The summed E-state index contributed by atoms with van der Waals surface area (Å²) in [5, 5.41) is 43.3. The van der Waals surface area contributed by atoms with E-state index in [0.29, 0.717) is 77.4 Å². The first kappa shape index (κ1) is 40.6. The molecule has 0 aromatic rings. The molecule has 55 heavy (non-hydrogen) atoms. The standard InChI is InChI=1S/C48H78O7/c1-27(7-13-41(52)53)33-9-11-36-44-38(18-22-47(33,36)5)46(4)20-16-32(24-30(46)26-40(44)51)55-42(54)14-8-28(2)34-10-12-35-43-37(17-21-48(34,35)6)45(3)19-15-31(49)23-29(45)25-39(43)50/h27-40,43-44,49-51H,7-26H2,1-6H3,(H,52,53)/t27-,28-,29+,30+,31-,32-,33-,34-,35+,36+,37+,38+,39-,40-,43+,44+,45+,46+,47-,48-/m1/s1. The molecule has 0 aliphatic heterocycles. The van der Waals surface area contributed by atoms with Crippen LogP contribution in [0.5, 0.6) is 0 Å². The van der Waals surface area contributed by atoms with Crippen LogP contribution in [0.1, 0.15) is 170 Å². The minimum absolute atomic E-state index is 0.0401. The summed E-state index contributed by atoms with van der Waals surface area (Å²) in [5.41, 5.74) is 0.812. The van der Waals surface area contributed by atoms with Crippen molar-refractivity contribution in [1.29, 1.82) is 0 Å². The molecule has 0 saturated heterocycles. The Morgan fingerprint density at radius 1 is 0.582 bits per heavy atom. The number of carboxylic acids is 1. The highest BCUT2D eigenvalue weighted by molar-refractivity contribution is 5.69. The van der Waals surface area contributed by atoms with Crippen molar-refractivity contribution in [2.24, 2.45) is 92.7 Å². The Morgan fingerprint density at radius 3 is 1.56 bits per heavy atom. The highest BCUT2D eigenvalue weighted by Gasteiger charge is 2.65. The van der Waals surface area contributed by atoms with E-state index in [2.05, 4.69) is 41.5 Å². The third-order valence-electron chi connectivity index (χ3n) is 20.7. The number of fused-ring (bicyclic) bond motifs is 10. The minimum Gasteiger partial charge on any atom is -0.481 e. The number of carbonyl (C=O) groups is 2. The lowest BCUT2D eigenvalue weighted by Crippen LogP contribution is -2.58. The first-order chi connectivity index (χ1) is 26.0. The van der Waals surface area contributed by atoms with Gasteiger partial charge < -0.3 is 25.2 Å². The molecule has 4 N–H and O–H groups in total. The van der Waals surface area contributed by atoms with E-state index in [1.807, 2.05) is 0 Å². The number of ether oxygens (including phenoxy) is 1. The number of aliphatic hydroxyl groups excluding tert-OH is 3. The maximum Gasteiger partial charge on any atom is 0.306 e. The van der Waals surface area contributed by atoms with Crippen LogP contribution in [0.2, 0.25) is 0 Å². The second-order valence-electron chi connectivity index (χ2n) is 22.8. The Bertz CT molecular complexity index is 1430. The van der Waals surface area contributed by atoms with Gasteiger partial charge in [0.1, 0.15) is 6.10 Å². The second-order valence-corrected chi connectivity index (χ2v) is 22.8. The van der Waals surface area contributed by atoms with E-state index in [4.69, 9.17) is 4.74 Å². The summed E-state index contributed by atoms with van der Waals surface area (Å²) in [6.45, 7) is 14.6. The highest BCUT2D eigenvalue weighted by atomic mass is 16.5. The van der Waals surface area contributed by atoms with Crippen LogP contribution in [0, 0.1) is 92.7 Å². The molecular weight excluding hydrogens is 689 g/mol. The number of carbonyl (C=O) groups excluding carboxylic acids is 1. The zero-order valence-electron chi connectivity index (χ0n) is 35.4. The van der Waals surface area contributed by atoms with Crippen LogP contribution < -0.4 is 0 Å². The topological polar surface area (TPSA) is 124 Å². The molecule has 8 aliphatic carbocycles. The summed E-state index contributed by atoms with van der Waals surface area (Å²) in [6, 6.07) is 0. The van der Waals surface area contributed by atoms with E-state index in [1.165, 1.54) is 32.1 Å². The number of hydrogen-bond acceptors (Lipinski definition) is 6. The largest absolute Gasteiger partial charge is 0.481 e. The molecule has 20 atom stereocenters. The fraction of sp³-hybridized carbons (Fsp3) is 0.958. The van der Waals surface area contributed by atoms with E-state index in [-0.39, 0.29) is 58.5 Å². The Morgan fingerprint density at radius 2 is 1.04 bits per heavy atom.